The summed E-state index contributed by atoms with van der Waals surface area (Å²) >= 11 is 4.55. The molecule has 0 bridgehead atoms. The molecular weight excluding hydrogens is 486 g/mol. The lowest BCUT2D eigenvalue weighted by Gasteiger charge is -2.19. The van der Waals surface area contributed by atoms with Gasteiger partial charge in [-0.25, -0.2) is 0 Å². The second-order valence-electron chi connectivity index (χ2n) is 4.05. The Labute approximate surface area is 147 Å². The average Bonchev–Trinajstić information content (AvgIpc) is 2.44. The lowest BCUT2D eigenvalue weighted by atomic mass is 10.1. The highest BCUT2D eigenvalue weighted by atomic mass is 127. The largest absolute Gasteiger partial charge is 0.466 e. The van der Waals surface area contributed by atoms with Gasteiger partial charge in [0, 0.05) is 13.2 Å². The fourth-order valence-corrected chi connectivity index (χ4v) is 3.19. The highest BCUT2D eigenvalue weighted by molar-refractivity contribution is 14.1. The predicted octanol–water partition coefficient (Wildman–Crippen LogP) is 4.26. The van der Waals surface area contributed by atoms with Crippen LogP contribution in [0.15, 0.2) is 0 Å². The summed E-state index contributed by atoms with van der Waals surface area (Å²) in [6.45, 7) is 9.76. The van der Waals surface area contributed by atoms with Crippen LogP contribution in [0.2, 0.25) is 0 Å². The molecule has 0 radical (unpaired) electrons. The Balaban J connectivity index is 3.00. The summed E-state index contributed by atoms with van der Waals surface area (Å²) < 4.78 is 24.1. The summed E-state index contributed by atoms with van der Waals surface area (Å²) in [5.41, 5.74) is 2.14. The Hall–Kier alpha value is 0.200. The lowest BCUT2D eigenvalue weighted by molar-refractivity contribution is 0.0184. The van der Waals surface area contributed by atoms with Crippen molar-refractivity contribution < 1.29 is 18.9 Å². The Morgan fingerprint density at radius 1 is 0.750 bits per heavy atom. The molecule has 0 aromatic heterocycles. The van der Waals surface area contributed by atoms with Gasteiger partial charge in [-0.2, -0.15) is 0 Å². The highest BCUT2D eigenvalue weighted by Crippen LogP contribution is 2.39. The first kappa shape index (κ1) is 18.2. The quantitative estimate of drug-likeness (QED) is 0.300. The summed E-state index contributed by atoms with van der Waals surface area (Å²) in [6.07, 6.45) is 0. The van der Waals surface area contributed by atoms with Gasteiger partial charge >= 0.3 is 0 Å². The van der Waals surface area contributed by atoms with Gasteiger partial charge in [-0.1, -0.05) is 0 Å². The number of benzene rings is 1. The van der Waals surface area contributed by atoms with E-state index >= 15 is 0 Å². The van der Waals surface area contributed by atoms with Gasteiger partial charge in [-0.05, 0) is 84.0 Å². The fourth-order valence-electron chi connectivity index (χ4n) is 1.58. The second kappa shape index (κ2) is 9.26. The van der Waals surface area contributed by atoms with E-state index in [2.05, 4.69) is 45.2 Å². The van der Waals surface area contributed by atoms with Crippen molar-refractivity contribution in [2.75, 3.05) is 26.8 Å². The van der Waals surface area contributed by atoms with Gasteiger partial charge in [-0.15, -0.1) is 0 Å². The molecule has 0 N–H and O–H groups in total. The third-order valence-corrected chi connectivity index (χ3v) is 5.91. The van der Waals surface area contributed by atoms with Crippen LogP contribution in [0.25, 0.3) is 0 Å². The van der Waals surface area contributed by atoms with Crippen LogP contribution in [0.3, 0.4) is 0 Å². The molecule has 4 nitrogen and oxygen atoms in total. The van der Waals surface area contributed by atoms with Gasteiger partial charge in [0.1, 0.15) is 11.5 Å². The molecule has 0 aliphatic rings. The number of rotatable bonds is 8. The molecule has 0 saturated heterocycles. The third-order valence-electron chi connectivity index (χ3n) is 2.82. The van der Waals surface area contributed by atoms with E-state index in [1.807, 2.05) is 27.7 Å². The Kier molecular flexibility index (Phi) is 8.45. The molecule has 1 aromatic carbocycles. The van der Waals surface area contributed by atoms with Crippen molar-refractivity contribution >= 4 is 45.2 Å². The Morgan fingerprint density at radius 3 is 1.40 bits per heavy atom. The maximum absolute atomic E-state index is 5.73. The molecule has 0 atom stereocenters. The van der Waals surface area contributed by atoms with Crippen LogP contribution in [0, 0.1) is 21.0 Å². The monoisotopic (exact) mass is 506 g/mol. The van der Waals surface area contributed by atoms with Crippen molar-refractivity contribution in [2.45, 2.75) is 27.7 Å². The minimum Gasteiger partial charge on any atom is -0.466 e. The fraction of sp³-hybridized carbons (Fsp3) is 0.571. The maximum atomic E-state index is 5.73. The first-order valence-electron chi connectivity index (χ1n) is 6.43. The van der Waals surface area contributed by atoms with Crippen LogP contribution >= 0.6 is 45.2 Å². The van der Waals surface area contributed by atoms with E-state index in [9.17, 15) is 0 Å². The zero-order valence-corrected chi connectivity index (χ0v) is 16.5. The summed E-state index contributed by atoms with van der Waals surface area (Å²) in [6, 6.07) is 0. The van der Waals surface area contributed by atoms with Crippen LogP contribution in [-0.2, 0) is 9.47 Å². The first-order chi connectivity index (χ1) is 9.54. The van der Waals surface area contributed by atoms with Crippen LogP contribution in [-0.4, -0.2) is 26.8 Å². The molecule has 0 spiro atoms. The van der Waals surface area contributed by atoms with Crippen LogP contribution in [0.5, 0.6) is 11.5 Å². The topological polar surface area (TPSA) is 36.9 Å². The molecule has 0 saturated carbocycles. The Morgan fingerprint density at radius 2 is 1.10 bits per heavy atom. The first-order valence-corrected chi connectivity index (χ1v) is 8.59. The number of hydrogen-bond acceptors (Lipinski definition) is 4. The molecule has 0 unspecified atom stereocenters. The lowest BCUT2D eigenvalue weighted by Crippen LogP contribution is -2.10. The highest BCUT2D eigenvalue weighted by Gasteiger charge is 2.19. The SMILES string of the molecule is CCOCOc1c(C)c(C)c(OCOCC)c(I)c1I. The third kappa shape index (κ3) is 4.60. The van der Waals surface area contributed by atoms with Gasteiger partial charge in [-0.3, -0.25) is 0 Å². The van der Waals surface area contributed by atoms with Crippen LogP contribution in [0.4, 0.5) is 0 Å². The molecule has 20 heavy (non-hydrogen) atoms. The molecule has 1 aromatic rings. The van der Waals surface area contributed by atoms with Crippen molar-refractivity contribution in [3.8, 4) is 11.5 Å². The van der Waals surface area contributed by atoms with Gasteiger partial charge in [0.05, 0.1) is 7.14 Å². The van der Waals surface area contributed by atoms with Crippen molar-refractivity contribution in [1.29, 1.82) is 0 Å². The molecule has 6 heteroatoms. The summed E-state index contributed by atoms with van der Waals surface area (Å²) in [5.74, 6) is 1.73. The predicted molar refractivity (Wildman–Crippen MR) is 95.6 cm³/mol. The van der Waals surface area contributed by atoms with E-state index in [0.29, 0.717) is 13.2 Å². The number of ether oxygens (including phenoxy) is 4. The molecular formula is C14H20I2O4. The summed E-state index contributed by atoms with van der Waals surface area (Å²) in [7, 11) is 0. The van der Waals surface area contributed by atoms with E-state index in [4.69, 9.17) is 18.9 Å². The van der Waals surface area contributed by atoms with E-state index in [1.54, 1.807) is 0 Å². The van der Waals surface area contributed by atoms with Crippen LogP contribution < -0.4 is 9.47 Å². The second-order valence-corrected chi connectivity index (χ2v) is 6.20. The smallest absolute Gasteiger partial charge is 0.189 e. The van der Waals surface area contributed by atoms with Gasteiger partial charge in [0.2, 0.25) is 0 Å². The minimum atomic E-state index is 0.266. The standard InChI is InChI=1S/C14H20I2O4/c1-5-17-7-19-13-9(3)10(4)14(12(16)11(13)15)20-8-18-6-2/h5-8H2,1-4H3. The maximum Gasteiger partial charge on any atom is 0.189 e. The number of hydrogen-bond donors (Lipinski definition) is 0. The van der Waals surface area contributed by atoms with Crippen molar-refractivity contribution in [3.05, 3.63) is 18.3 Å². The zero-order chi connectivity index (χ0) is 15.1. The van der Waals surface area contributed by atoms with E-state index in [0.717, 1.165) is 29.8 Å². The van der Waals surface area contributed by atoms with Crippen LogP contribution in [0.1, 0.15) is 25.0 Å². The van der Waals surface area contributed by atoms with E-state index < -0.39 is 0 Å². The average molecular weight is 506 g/mol. The molecule has 0 amide bonds. The van der Waals surface area contributed by atoms with Gasteiger partial charge in [0.25, 0.3) is 0 Å². The molecule has 0 fully saturated rings. The van der Waals surface area contributed by atoms with Gasteiger partial charge in [0.15, 0.2) is 13.6 Å². The Bertz CT molecular complexity index is 379. The number of halogens is 2. The van der Waals surface area contributed by atoms with Crippen molar-refractivity contribution in [2.24, 2.45) is 0 Å². The molecule has 0 heterocycles. The van der Waals surface area contributed by atoms with Gasteiger partial charge < -0.3 is 18.9 Å². The van der Waals surface area contributed by atoms with E-state index in [-0.39, 0.29) is 13.6 Å². The van der Waals surface area contributed by atoms with Crippen molar-refractivity contribution in [1.82, 2.24) is 0 Å². The zero-order valence-electron chi connectivity index (χ0n) is 12.2. The summed E-state index contributed by atoms with van der Waals surface area (Å²) in [4.78, 5) is 0. The molecule has 0 aliphatic heterocycles. The normalized spacial score (nSPS) is 10.7. The van der Waals surface area contributed by atoms with E-state index in [1.165, 1.54) is 0 Å². The molecule has 1 rings (SSSR count). The molecule has 114 valence electrons. The summed E-state index contributed by atoms with van der Waals surface area (Å²) in [5, 5.41) is 0. The minimum absolute atomic E-state index is 0.266. The molecule has 0 aliphatic carbocycles. The van der Waals surface area contributed by atoms with Crippen molar-refractivity contribution in [3.63, 3.8) is 0 Å².